The van der Waals surface area contributed by atoms with Crippen LogP contribution in [-0.2, 0) is 0 Å². The second-order valence-corrected chi connectivity index (χ2v) is 10.4. The van der Waals surface area contributed by atoms with E-state index in [1.807, 2.05) is 0 Å². The Hall–Kier alpha value is -1.06. The molecule has 8 unspecified atom stereocenters. The molecular weight excluding hydrogens is 332 g/mol. The second-order valence-electron chi connectivity index (χ2n) is 10.4. The Bertz CT molecular complexity index is 626. The van der Waals surface area contributed by atoms with Gasteiger partial charge < -0.3 is 10.2 Å². The molecule has 0 aromatic carbocycles. The van der Waals surface area contributed by atoms with Crippen molar-refractivity contribution in [2.75, 3.05) is 7.05 Å². The Morgan fingerprint density at radius 1 is 0.889 bits per heavy atom. The molecule has 4 nitrogen and oxygen atoms in total. The number of rotatable bonds is 2. The van der Waals surface area contributed by atoms with Gasteiger partial charge >= 0.3 is 0 Å². The third-order valence-corrected chi connectivity index (χ3v) is 8.66. The van der Waals surface area contributed by atoms with E-state index in [2.05, 4.69) is 31.1 Å². The molecular formula is C23H38N4. The lowest BCUT2D eigenvalue weighted by Crippen LogP contribution is -2.46. The van der Waals surface area contributed by atoms with Crippen LogP contribution in [0.15, 0.2) is 9.98 Å². The highest BCUT2D eigenvalue weighted by molar-refractivity contribution is 5.87. The molecule has 5 rings (SSSR count). The van der Waals surface area contributed by atoms with Crippen LogP contribution in [0, 0.1) is 23.7 Å². The summed E-state index contributed by atoms with van der Waals surface area (Å²) in [6.07, 6.45) is 13.6. The first-order chi connectivity index (χ1) is 13.1. The van der Waals surface area contributed by atoms with Crippen molar-refractivity contribution in [2.24, 2.45) is 33.7 Å². The van der Waals surface area contributed by atoms with E-state index >= 15 is 0 Å². The molecule has 0 aromatic rings. The average Bonchev–Trinajstić information content (AvgIpc) is 3.22. The second kappa shape index (κ2) is 7.08. The minimum absolute atomic E-state index is 0.574. The van der Waals surface area contributed by atoms with E-state index in [1.54, 1.807) is 0 Å². The predicted octanol–water partition coefficient (Wildman–Crippen LogP) is 4.25. The summed E-state index contributed by atoms with van der Waals surface area (Å²) in [5.41, 5.74) is 0. The summed E-state index contributed by atoms with van der Waals surface area (Å²) in [7, 11) is 2.26. The Kier molecular flexibility index (Phi) is 4.72. The van der Waals surface area contributed by atoms with Crippen molar-refractivity contribution in [1.82, 2.24) is 10.2 Å². The highest BCUT2D eigenvalue weighted by Crippen LogP contribution is 2.43. The van der Waals surface area contributed by atoms with Gasteiger partial charge in [-0.1, -0.05) is 19.8 Å². The van der Waals surface area contributed by atoms with Crippen LogP contribution in [0.5, 0.6) is 0 Å². The third kappa shape index (κ3) is 3.31. The number of hydrogen-bond donors (Lipinski definition) is 1. The van der Waals surface area contributed by atoms with Crippen LogP contribution in [0.1, 0.15) is 78.1 Å². The van der Waals surface area contributed by atoms with Crippen molar-refractivity contribution in [1.29, 1.82) is 0 Å². The van der Waals surface area contributed by atoms with Gasteiger partial charge in [-0.05, 0) is 76.0 Å². The first-order valence-electron chi connectivity index (χ1n) is 11.7. The van der Waals surface area contributed by atoms with Gasteiger partial charge in [0, 0.05) is 19.0 Å². The molecule has 0 radical (unpaired) electrons. The summed E-state index contributed by atoms with van der Waals surface area (Å²) >= 11 is 0. The Labute approximate surface area is 165 Å². The van der Waals surface area contributed by atoms with Gasteiger partial charge in [-0.25, -0.2) is 0 Å². The summed E-state index contributed by atoms with van der Waals surface area (Å²) in [4.78, 5) is 12.6. The minimum atomic E-state index is 0.574. The van der Waals surface area contributed by atoms with Gasteiger partial charge in [0.25, 0.3) is 0 Å². The fraction of sp³-hybridized carbons (Fsp3) is 0.913. The predicted molar refractivity (Wildman–Crippen MR) is 112 cm³/mol. The van der Waals surface area contributed by atoms with Crippen molar-refractivity contribution in [3.05, 3.63) is 0 Å². The monoisotopic (exact) mass is 370 g/mol. The van der Waals surface area contributed by atoms with Crippen LogP contribution in [-0.4, -0.2) is 47.8 Å². The Morgan fingerprint density at radius 3 is 2.48 bits per heavy atom. The number of likely N-dealkylation sites (N-methyl/N-ethyl adjacent to an activating group) is 1. The third-order valence-electron chi connectivity index (χ3n) is 8.66. The van der Waals surface area contributed by atoms with Crippen LogP contribution in [0.25, 0.3) is 0 Å². The van der Waals surface area contributed by atoms with Crippen LogP contribution in [0.2, 0.25) is 0 Å². The minimum Gasteiger partial charge on any atom is -0.369 e. The summed E-state index contributed by atoms with van der Waals surface area (Å²) in [5.74, 6) is 6.05. The summed E-state index contributed by atoms with van der Waals surface area (Å²) < 4.78 is 0. The fourth-order valence-electron chi connectivity index (χ4n) is 6.96. The van der Waals surface area contributed by atoms with Crippen LogP contribution in [0.4, 0.5) is 0 Å². The molecule has 0 spiro atoms. The fourth-order valence-corrected chi connectivity index (χ4v) is 6.96. The molecule has 1 N–H and O–H groups in total. The van der Waals surface area contributed by atoms with Crippen LogP contribution >= 0.6 is 0 Å². The van der Waals surface area contributed by atoms with E-state index in [9.17, 15) is 0 Å². The SMILES string of the molecule is CC1=NC2CCC(C3CCC4N=C(C5CCCC(C)C5)NC4C3)CC2N1C. The molecule has 5 aliphatic rings. The smallest absolute Gasteiger partial charge is 0.100 e. The first kappa shape index (κ1) is 18.0. The van der Waals surface area contributed by atoms with E-state index in [-0.39, 0.29) is 0 Å². The van der Waals surface area contributed by atoms with Gasteiger partial charge in [-0.3, -0.25) is 9.98 Å². The van der Waals surface area contributed by atoms with Crippen molar-refractivity contribution < 1.29 is 0 Å². The Balaban J connectivity index is 1.19. The largest absolute Gasteiger partial charge is 0.369 e. The molecule has 0 aromatic heterocycles. The molecule has 27 heavy (non-hydrogen) atoms. The number of amidine groups is 2. The molecule has 8 atom stereocenters. The maximum absolute atomic E-state index is 5.20. The lowest BCUT2D eigenvalue weighted by molar-refractivity contribution is 0.129. The number of aliphatic imine (C=N–C) groups is 2. The zero-order chi connectivity index (χ0) is 18.5. The van der Waals surface area contributed by atoms with E-state index in [0.717, 1.165) is 23.7 Å². The molecule has 0 amide bonds. The Morgan fingerprint density at radius 2 is 1.67 bits per heavy atom. The number of hydrogen-bond acceptors (Lipinski definition) is 4. The highest BCUT2D eigenvalue weighted by Gasteiger charge is 2.44. The van der Waals surface area contributed by atoms with E-state index < -0.39 is 0 Å². The summed E-state index contributed by atoms with van der Waals surface area (Å²) in [6, 6.07) is 2.46. The molecule has 3 aliphatic carbocycles. The quantitative estimate of drug-likeness (QED) is 0.789. The van der Waals surface area contributed by atoms with Gasteiger partial charge in [0.1, 0.15) is 5.84 Å². The molecule has 3 fully saturated rings. The van der Waals surface area contributed by atoms with Gasteiger partial charge in [0.15, 0.2) is 0 Å². The molecule has 0 saturated heterocycles. The zero-order valence-electron chi connectivity index (χ0n) is 17.5. The highest BCUT2D eigenvalue weighted by atomic mass is 15.3. The van der Waals surface area contributed by atoms with Crippen molar-refractivity contribution in [3.8, 4) is 0 Å². The van der Waals surface area contributed by atoms with Gasteiger partial charge in [-0.2, -0.15) is 0 Å². The van der Waals surface area contributed by atoms with E-state index in [1.165, 1.54) is 75.9 Å². The van der Waals surface area contributed by atoms with Gasteiger partial charge in [0.2, 0.25) is 0 Å². The van der Waals surface area contributed by atoms with Gasteiger partial charge in [0.05, 0.1) is 24.0 Å². The maximum atomic E-state index is 5.20. The molecule has 3 saturated carbocycles. The molecule has 2 heterocycles. The molecule has 0 bridgehead atoms. The number of nitrogens with zero attached hydrogens (tertiary/aromatic N) is 3. The van der Waals surface area contributed by atoms with Crippen molar-refractivity contribution in [3.63, 3.8) is 0 Å². The van der Waals surface area contributed by atoms with Crippen molar-refractivity contribution >= 4 is 11.7 Å². The average molecular weight is 371 g/mol. The first-order valence-corrected chi connectivity index (χ1v) is 11.7. The topological polar surface area (TPSA) is 40.0 Å². The molecule has 150 valence electrons. The summed E-state index contributed by atoms with van der Waals surface area (Å²) in [5, 5.41) is 3.93. The van der Waals surface area contributed by atoms with Crippen molar-refractivity contribution in [2.45, 2.75) is 102 Å². The lowest BCUT2D eigenvalue weighted by Gasteiger charge is -2.41. The molecule has 2 aliphatic heterocycles. The number of fused-ring (bicyclic) bond motifs is 2. The van der Waals surface area contributed by atoms with Gasteiger partial charge in [-0.15, -0.1) is 0 Å². The lowest BCUT2D eigenvalue weighted by atomic mass is 9.69. The standard InChI is InChI=1S/C23H38N4/c1-14-5-4-6-18(11-14)23-25-19-9-7-16(12-21(19)26-23)17-8-10-20-22(13-17)27(3)15(2)24-20/h14,16-22H,4-13H2,1-3H3,(H,25,26). The molecule has 4 heteroatoms. The summed E-state index contributed by atoms with van der Waals surface area (Å²) in [6.45, 7) is 4.61. The maximum Gasteiger partial charge on any atom is 0.100 e. The van der Waals surface area contributed by atoms with E-state index in [4.69, 9.17) is 9.98 Å². The van der Waals surface area contributed by atoms with Crippen LogP contribution < -0.4 is 5.32 Å². The number of nitrogens with one attached hydrogen (secondary N) is 1. The van der Waals surface area contributed by atoms with E-state index in [0.29, 0.717) is 24.2 Å². The normalized spacial score (nSPS) is 47.0. The van der Waals surface area contributed by atoms with Crippen LogP contribution in [0.3, 0.4) is 0 Å². The zero-order valence-corrected chi connectivity index (χ0v) is 17.5.